The number of nitrogens with one attached hydrogen (secondary N) is 1. The molecular formula is C15H20ClF3N2O3S. The molecule has 0 amide bonds. The lowest BCUT2D eigenvalue weighted by molar-refractivity contribution is -0.137. The lowest BCUT2D eigenvalue weighted by Gasteiger charge is -2.40. The predicted molar refractivity (Wildman–Crippen MR) is 88.1 cm³/mol. The predicted octanol–water partition coefficient (Wildman–Crippen LogP) is 2.75. The number of hydrogen-bond acceptors (Lipinski definition) is 4. The van der Waals surface area contributed by atoms with Gasteiger partial charge in [0.1, 0.15) is 0 Å². The van der Waals surface area contributed by atoms with Crippen LogP contribution in [0.3, 0.4) is 0 Å². The van der Waals surface area contributed by atoms with E-state index in [9.17, 15) is 21.6 Å². The summed E-state index contributed by atoms with van der Waals surface area (Å²) < 4.78 is 71.2. The van der Waals surface area contributed by atoms with Gasteiger partial charge in [-0.2, -0.15) is 13.2 Å². The minimum atomic E-state index is -4.73. The van der Waals surface area contributed by atoms with Gasteiger partial charge in [-0.1, -0.05) is 11.6 Å². The fourth-order valence-corrected chi connectivity index (χ4v) is 3.98. The fourth-order valence-electron chi connectivity index (χ4n) is 2.52. The number of alkyl halides is 3. The third-order valence-corrected chi connectivity index (χ3v) is 5.84. The second-order valence-corrected chi connectivity index (χ2v) is 8.55. The Morgan fingerprint density at radius 1 is 1.24 bits per heavy atom. The van der Waals surface area contributed by atoms with Crippen molar-refractivity contribution >= 4 is 21.6 Å². The Morgan fingerprint density at radius 2 is 1.84 bits per heavy atom. The van der Waals surface area contributed by atoms with Crippen molar-refractivity contribution in [3.05, 3.63) is 28.8 Å². The molecule has 1 fully saturated rings. The summed E-state index contributed by atoms with van der Waals surface area (Å²) in [6.07, 6.45) is -4.73. The quantitative estimate of drug-likeness (QED) is 0.825. The maximum absolute atomic E-state index is 12.9. The molecule has 1 saturated heterocycles. The largest absolute Gasteiger partial charge is 0.417 e. The van der Waals surface area contributed by atoms with E-state index in [-0.39, 0.29) is 6.54 Å². The fraction of sp³-hybridized carbons (Fsp3) is 0.600. The zero-order chi connectivity index (χ0) is 18.9. The third-order valence-electron chi connectivity index (χ3n) is 4.12. The molecule has 1 aliphatic heterocycles. The Kier molecular flexibility index (Phi) is 6.05. The molecule has 1 aromatic carbocycles. The summed E-state index contributed by atoms with van der Waals surface area (Å²) in [6, 6.07) is 2.54. The van der Waals surface area contributed by atoms with E-state index in [0.29, 0.717) is 32.4 Å². The van der Waals surface area contributed by atoms with Crippen LogP contribution >= 0.6 is 11.6 Å². The molecule has 1 aliphatic rings. The van der Waals surface area contributed by atoms with E-state index >= 15 is 0 Å². The maximum atomic E-state index is 12.9. The standard InChI is InChI=1S/C15H20ClF3N2O3S/c1-14(2,21-5-7-24-8-6-21)10-20-25(22,23)11-3-4-13(16)12(9-11)15(17,18)19/h3-4,9,20H,5-8,10H2,1-2H3. The summed E-state index contributed by atoms with van der Waals surface area (Å²) in [5.41, 5.74) is -1.68. The van der Waals surface area contributed by atoms with Crippen LogP contribution in [0.15, 0.2) is 23.1 Å². The van der Waals surface area contributed by atoms with Gasteiger partial charge in [0.25, 0.3) is 0 Å². The first-order valence-corrected chi connectivity index (χ1v) is 9.49. The topological polar surface area (TPSA) is 58.6 Å². The highest BCUT2D eigenvalue weighted by Gasteiger charge is 2.35. The van der Waals surface area contributed by atoms with Gasteiger partial charge in [-0.05, 0) is 32.0 Å². The summed E-state index contributed by atoms with van der Waals surface area (Å²) in [5.74, 6) is 0. The van der Waals surface area contributed by atoms with Crippen LogP contribution in [-0.2, 0) is 20.9 Å². The van der Waals surface area contributed by atoms with Gasteiger partial charge in [0.2, 0.25) is 10.0 Å². The van der Waals surface area contributed by atoms with Crippen molar-refractivity contribution in [1.82, 2.24) is 9.62 Å². The molecule has 1 aromatic rings. The summed E-state index contributed by atoms with van der Waals surface area (Å²) in [5, 5.41) is -0.542. The Balaban J connectivity index is 2.16. The van der Waals surface area contributed by atoms with Crippen LogP contribution in [0.4, 0.5) is 13.2 Å². The van der Waals surface area contributed by atoms with Crippen molar-refractivity contribution in [1.29, 1.82) is 0 Å². The molecule has 25 heavy (non-hydrogen) atoms. The van der Waals surface area contributed by atoms with E-state index in [4.69, 9.17) is 16.3 Å². The van der Waals surface area contributed by atoms with Crippen LogP contribution in [0.1, 0.15) is 19.4 Å². The molecule has 0 aromatic heterocycles. The molecule has 1 N–H and O–H groups in total. The maximum Gasteiger partial charge on any atom is 0.417 e. The number of benzene rings is 1. The number of nitrogens with zero attached hydrogens (tertiary/aromatic N) is 1. The molecule has 5 nitrogen and oxygen atoms in total. The van der Waals surface area contributed by atoms with Crippen molar-refractivity contribution in [2.45, 2.75) is 30.5 Å². The van der Waals surface area contributed by atoms with E-state index in [2.05, 4.69) is 9.62 Å². The van der Waals surface area contributed by atoms with Crippen LogP contribution in [0, 0.1) is 0 Å². The molecule has 142 valence electrons. The van der Waals surface area contributed by atoms with Gasteiger partial charge in [-0.25, -0.2) is 13.1 Å². The van der Waals surface area contributed by atoms with Crippen molar-refractivity contribution in [2.24, 2.45) is 0 Å². The first-order valence-electron chi connectivity index (χ1n) is 7.63. The summed E-state index contributed by atoms with van der Waals surface area (Å²) in [6.45, 7) is 6.22. The molecule has 0 saturated carbocycles. The average Bonchev–Trinajstić information content (AvgIpc) is 2.53. The minimum absolute atomic E-state index is 0.0549. The second kappa shape index (κ2) is 7.40. The van der Waals surface area contributed by atoms with Gasteiger partial charge in [0, 0.05) is 25.2 Å². The van der Waals surface area contributed by atoms with Crippen LogP contribution < -0.4 is 4.72 Å². The summed E-state index contributed by atoms with van der Waals surface area (Å²) in [4.78, 5) is 1.60. The Hall–Kier alpha value is -0.870. The number of sulfonamides is 1. The van der Waals surface area contributed by atoms with E-state index in [1.807, 2.05) is 13.8 Å². The summed E-state index contributed by atoms with van der Waals surface area (Å²) in [7, 11) is -4.10. The van der Waals surface area contributed by atoms with E-state index in [1.54, 1.807) is 0 Å². The Labute approximate surface area is 150 Å². The minimum Gasteiger partial charge on any atom is -0.379 e. The number of hydrogen-bond donors (Lipinski definition) is 1. The number of halogens is 4. The normalized spacial score (nSPS) is 17.7. The monoisotopic (exact) mass is 400 g/mol. The number of rotatable bonds is 5. The number of ether oxygens (including phenoxy) is 1. The third kappa shape index (κ3) is 5.07. The highest BCUT2D eigenvalue weighted by atomic mass is 35.5. The molecule has 0 unspecified atom stereocenters. The van der Waals surface area contributed by atoms with E-state index in [1.165, 1.54) is 0 Å². The molecular weight excluding hydrogens is 381 g/mol. The van der Waals surface area contributed by atoms with E-state index in [0.717, 1.165) is 12.1 Å². The summed E-state index contributed by atoms with van der Waals surface area (Å²) >= 11 is 5.53. The van der Waals surface area contributed by atoms with Gasteiger partial charge in [0.15, 0.2) is 0 Å². The van der Waals surface area contributed by atoms with Gasteiger partial charge in [-0.15, -0.1) is 0 Å². The molecule has 10 heteroatoms. The van der Waals surface area contributed by atoms with Crippen molar-refractivity contribution in [2.75, 3.05) is 32.8 Å². The first kappa shape index (κ1) is 20.4. The lowest BCUT2D eigenvalue weighted by atomic mass is 10.0. The Bertz CT molecular complexity index is 717. The highest BCUT2D eigenvalue weighted by molar-refractivity contribution is 7.89. The average molecular weight is 401 g/mol. The van der Waals surface area contributed by atoms with Crippen molar-refractivity contribution in [3.63, 3.8) is 0 Å². The first-order chi connectivity index (χ1) is 11.4. The molecule has 0 spiro atoms. The molecule has 0 radical (unpaired) electrons. The van der Waals surface area contributed by atoms with Gasteiger partial charge >= 0.3 is 6.18 Å². The van der Waals surface area contributed by atoms with Crippen LogP contribution in [0.5, 0.6) is 0 Å². The molecule has 0 atom stereocenters. The highest BCUT2D eigenvalue weighted by Crippen LogP contribution is 2.35. The van der Waals surface area contributed by atoms with Gasteiger partial charge < -0.3 is 4.74 Å². The molecule has 0 bridgehead atoms. The zero-order valence-electron chi connectivity index (χ0n) is 13.9. The smallest absolute Gasteiger partial charge is 0.379 e. The molecule has 0 aliphatic carbocycles. The van der Waals surface area contributed by atoms with E-state index < -0.39 is 37.2 Å². The second-order valence-electron chi connectivity index (χ2n) is 6.38. The van der Waals surface area contributed by atoms with Crippen molar-refractivity contribution in [3.8, 4) is 0 Å². The van der Waals surface area contributed by atoms with Crippen LogP contribution in [0.25, 0.3) is 0 Å². The van der Waals surface area contributed by atoms with Crippen LogP contribution in [0.2, 0.25) is 5.02 Å². The molecule has 1 heterocycles. The van der Waals surface area contributed by atoms with Gasteiger partial charge in [0.05, 0.1) is 28.7 Å². The SMILES string of the molecule is CC(C)(CNS(=O)(=O)c1ccc(Cl)c(C(F)(F)F)c1)N1CCOCC1. The number of morpholine rings is 1. The zero-order valence-corrected chi connectivity index (χ0v) is 15.4. The Morgan fingerprint density at radius 3 is 2.40 bits per heavy atom. The van der Waals surface area contributed by atoms with Gasteiger partial charge in [-0.3, -0.25) is 4.90 Å². The van der Waals surface area contributed by atoms with Crippen LogP contribution in [-0.4, -0.2) is 51.7 Å². The molecule has 2 rings (SSSR count). The lowest BCUT2D eigenvalue weighted by Crippen LogP contribution is -2.55. The van der Waals surface area contributed by atoms with Crippen molar-refractivity contribution < 1.29 is 26.3 Å².